The molecule has 19 heavy (non-hydrogen) atoms. The van der Waals surface area contributed by atoms with Gasteiger partial charge in [-0.05, 0) is 42.9 Å². The topological polar surface area (TPSA) is 29.3 Å². The summed E-state index contributed by atoms with van der Waals surface area (Å²) in [5, 5.41) is 0. The summed E-state index contributed by atoms with van der Waals surface area (Å²) in [7, 11) is 0. The van der Waals surface area contributed by atoms with Crippen LogP contribution in [0.15, 0.2) is 22.7 Å². The Hall–Kier alpha value is -0.540. The zero-order valence-corrected chi connectivity index (χ0v) is 13.6. The van der Waals surface area contributed by atoms with Gasteiger partial charge in [0, 0.05) is 29.3 Å². The summed E-state index contributed by atoms with van der Waals surface area (Å²) >= 11 is 3.70. The summed E-state index contributed by atoms with van der Waals surface area (Å²) in [6.07, 6.45) is 4.60. The number of hydrogen-bond donors (Lipinski definition) is 1. The Labute approximate surface area is 125 Å². The van der Waals surface area contributed by atoms with Crippen molar-refractivity contribution in [2.45, 2.75) is 45.6 Å². The molecule has 1 aliphatic heterocycles. The minimum Gasteiger partial charge on any atom is -0.371 e. The Kier molecular flexibility index (Phi) is 5.28. The van der Waals surface area contributed by atoms with E-state index in [0.29, 0.717) is 0 Å². The molecule has 1 saturated heterocycles. The second kappa shape index (κ2) is 6.76. The third-order valence-electron chi connectivity index (χ3n) is 4.27. The minimum atomic E-state index is 0.262. The van der Waals surface area contributed by atoms with E-state index in [0.717, 1.165) is 18.8 Å². The molecule has 2 nitrogen and oxygen atoms in total. The van der Waals surface area contributed by atoms with E-state index in [1.807, 2.05) is 0 Å². The third kappa shape index (κ3) is 3.73. The van der Waals surface area contributed by atoms with Crippen LogP contribution in [0.5, 0.6) is 0 Å². The Morgan fingerprint density at radius 1 is 1.42 bits per heavy atom. The lowest BCUT2D eigenvalue weighted by Crippen LogP contribution is -2.22. The smallest absolute Gasteiger partial charge is 0.0377 e. The number of benzene rings is 1. The average Bonchev–Trinajstić information content (AvgIpc) is 2.89. The molecule has 0 radical (unpaired) electrons. The quantitative estimate of drug-likeness (QED) is 0.888. The number of nitrogens with zero attached hydrogens (tertiary/aromatic N) is 1. The zero-order chi connectivity index (χ0) is 13.8. The summed E-state index contributed by atoms with van der Waals surface area (Å²) < 4.78 is 1.20. The van der Waals surface area contributed by atoms with Crippen molar-refractivity contribution in [2.75, 3.05) is 18.0 Å². The Morgan fingerprint density at radius 3 is 2.79 bits per heavy atom. The van der Waals surface area contributed by atoms with E-state index in [9.17, 15) is 0 Å². The molecule has 0 aromatic heterocycles. The molecular weight excluding hydrogens is 300 g/mol. The first kappa shape index (κ1) is 14.9. The monoisotopic (exact) mass is 324 g/mol. The van der Waals surface area contributed by atoms with Gasteiger partial charge in [0.15, 0.2) is 0 Å². The number of rotatable bonds is 5. The zero-order valence-electron chi connectivity index (χ0n) is 12.0. The van der Waals surface area contributed by atoms with Crippen LogP contribution in [-0.2, 0) is 6.42 Å². The molecule has 1 aromatic carbocycles. The van der Waals surface area contributed by atoms with Gasteiger partial charge < -0.3 is 10.6 Å². The highest BCUT2D eigenvalue weighted by Gasteiger charge is 2.21. The van der Waals surface area contributed by atoms with Gasteiger partial charge in [-0.2, -0.15) is 0 Å². The fourth-order valence-corrected chi connectivity index (χ4v) is 3.25. The summed E-state index contributed by atoms with van der Waals surface area (Å²) in [6.45, 7) is 6.83. The molecular formula is C16H25BrN2. The molecule has 0 spiro atoms. The molecule has 2 atom stereocenters. The van der Waals surface area contributed by atoms with E-state index in [1.165, 1.54) is 41.7 Å². The van der Waals surface area contributed by atoms with Crippen LogP contribution < -0.4 is 10.6 Å². The number of nitrogens with two attached hydrogens (primary N) is 1. The van der Waals surface area contributed by atoms with Gasteiger partial charge in [-0.1, -0.05) is 42.3 Å². The fraction of sp³-hybridized carbons (Fsp3) is 0.625. The van der Waals surface area contributed by atoms with Crippen molar-refractivity contribution in [1.29, 1.82) is 0 Å². The van der Waals surface area contributed by atoms with Gasteiger partial charge in [-0.3, -0.25) is 0 Å². The lowest BCUT2D eigenvalue weighted by atomic mass is 10.0. The SMILES string of the molecule is CCC(N)Cc1ccc(N2CCC(CC)C2)cc1Br. The van der Waals surface area contributed by atoms with Crippen LogP contribution in [-0.4, -0.2) is 19.1 Å². The first-order chi connectivity index (χ1) is 9.13. The molecule has 3 heteroatoms. The van der Waals surface area contributed by atoms with Gasteiger partial charge in [0.2, 0.25) is 0 Å². The van der Waals surface area contributed by atoms with Crippen molar-refractivity contribution in [3.05, 3.63) is 28.2 Å². The van der Waals surface area contributed by atoms with Crippen molar-refractivity contribution >= 4 is 21.6 Å². The molecule has 1 aliphatic rings. The summed E-state index contributed by atoms with van der Waals surface area (Å²) in [6, 6.07) is 7.00. The van der Waals surface area contributed by atoms with Crippen LogP contribution in [0.25, 0.3) is 0 Å². The maximum atomic E-state index is 6.04. The second-order valence-corrected chi connectivity index (χ2v) is 6.51. The Morgan fingerprint density at radius 2 is 2.21 bits per heavy atom. The molecule has 106 valence electrons. The standard InChI is InChI=1S/C16H25BrN2/c1-3-12-7-8-19(11-12)15-6-5-13(16(17)10-15)9-14(18)4-2/h5-6,10,12,14H,3-4,7-9,11,18H2,1-2H3. The number of anilines is 1. The summed E-state index contributed by atoms with van der Waals surface area (Å²) in [4.78, 5) is 2.50. The highest BCUT2D eigenvalue weighted by Crippen LogP contribution is 2.29. The molecule has 2 rings (SSSR count). The van der Waals surface area contributed by atoms with Gasteiger partial charge in [0.25, 0.3) is 0 Å². The number of halogens is 1. The van der Waals surface area contributed by atoms with E-state index >= 15 is 0 Å². The molecule has 0 bridgehead atoms. The molecule has 2 N–H and O–H groups in total. The Balaban J connectivity index is 2.06. The second-order valence-electron chi connectivity index (χ2n) is 5.66. The van der Waals surface area contributed by atoms with Gasteiger partial charge in [0.05, 0.1) is 0 Å². The van der Waals surface area contributed by atoms with Crippen molar-refractivity contribution in [2.24, 2.45) is 11.7 Å². The van der Waals surface area contributed by atoms with E-state index in [2.05, 4.69) is 52.9 Å². The lowest BCUT2D eigenvalue weighted by Gasteiger charge is -2.20. The van der Waals surface area contributed by atoms with Gasteiger partial charge >= 0.3 is 0 Å². The normalized spacial score (nSPS) is 20.8. The molecule has 0 amide bonds. The summed E-state index contributed by atoms with van der Waals surface area (Å²) in [5.41, 5.74) is 8.71. The first-order valence-electron chi connectivity index (χ1n) is 7.43. The highest BCUT2D eigenvalue weighted by atomic mass is 79.9. The first-order valence-corrected chi connectivity index (χ1v) is 8.22. The molecule has 0 aliphatic carbocycles. The molecule has 1 aromatic rings. The Bertz CT molecular complexity index is 419. The average molecular weight is 325 g/mol. The molecule has 0 saturated carbocycles. The predicted octanol–water partition coefficient (Wildman–Crippen LogP) is 3.97. The minimum absolute atomic E-state index is 0.262. The largest absolute Gasteiger partial charge is 0.371 e. The van der Waals surface area contributed by atoms with Crippen LogP contribution in [0.2, 0.25) is 0 Å². The van der Waals surface area contributed by atoms with Crippen LogP contribution in [0.4, 0.5) is 5.69 Å². The van der Waals surface area contributed by atoms with Crippen LogP contribution in [0, 0.1) is 5.92 Å². The van der Waals surface area contributed by atoms with Crippen LogP contribution in [0.1, 0.15) is 38.7 Å². The highest BCUT2D eigenvalue weighted by molar-refractivity contribution is 9.10. The lowest BCUT2D eigenvalue weighted by molar-refractivity contribution is 0.569. The van der Waals surface area contributed by atoms with E-state index < -0.39 is 0 Å². The van der Waals surface area contributed by atoms with Crippen LogP contribution >= 0.6 is 15.9 Å². The van der Waals surface area contributed by atoms with Crippen molar-refractivity contribution in [3.8, 4) is 0 Å². The van der Waals surface area contributed by atoms with E-state index in [1.54, 1.807) is 0 Å². The maximum Gasteiger partial charge on any atom is 0.0377 e. The summed E-state index contributed by atoms with van der Waals surface area (Å²) in [5.74, 6) is 0.868. The van der Waals surface area contributed by atoms with Gasteiger partial charge in [0.1, 0.15) is 0 Å². The van der Waals surface area contributed by atoms with Crippen molar-refractivity contribution in [1.82, 2.24) is 0 Å². The predicted molar refractivity (Wildman–Crippen MR) is 86.7 cm³/mol. The van der Waals surface area contributed by atoms with Gasteiger partial charge in [-0.15, -0.1) is 0 Å². The van der Waals surface area contributed by atoms with Gasteiger partial charge in [-0.25, -0.2) is 0 Å². The molecule has 2 unspecified atom stereocenters. The fourth-order valence-electron chi connectivity index (χ4n) is 2.73. The maximum absolute atomic E-state index is 6.04. The van der Waals surface area contributed by atoms with Crippen molar-refractivity contribution in [3.63, 3.8) is 0 Å². The molecule has 1 fully saturated rings. The van der Waals surface area contributed by atoms with Crippen molar-refractivity contribution < 1.29 is 0 Å². The van der Waals surface area contributed by atoms with Crippen LogP contribution in [0.3, 0.4) is 0 Å². The third-order valence-corrected chi connectivity index (χ3v) is 5.01. The van der Waals surface area contributed by atoms with E-state index in [-0.39, 0.29) is 6.04 Å². The van der Waals surface area contributed by atoms with E-state index in [4.69, 9.17) is 5.73 Å². The number of hydrogen-bond acceptors (Lipinski definition) is 2. The molecule has 1 heterocycles.